The van der Waals surface area contributed by atoms with Gasteiger partial charge < -0.3 is 9.64 Å². The zero-order valence-corrected chi connectivity index (χ0v) is 16.6. The lowest BCUT2D eigenvalue weighted by Crippen LogP contribution is -2.48. The normalized spacial score (nSPS) is 14.8. The number of hydrogen-bond donors (Lipinski definition) is 0. The molecule has 0 aliphatic carbocycles. The summed E-state index contributed by atoms with van der Waals surface area (Å²) in [6.07, 6.45) is 1.82. The Morgan fingerprint density at radius 1 is 1.11 bits per heavy atom. The van der Waals surface area contributed by atoms with Crippen LogP contribution < -0.4 is 4.74 Å². The van der Waals surface area contributed by atoms with Crippen molar-refractivity contribution in [2.24, 2.45) is 0 Å². The highest BCUT2D eigenvalue weighted by molar-refractivity contribution is 7.13. The fourth-order valence-electron chi connectivity index (χ4n) is 3.23. The molecule has 28 heavy (non-hydrogen) atoms. The van der Waals surface area contributed by atoms with E-state index in [0.29, 0.717) is 18.8 Å². The quantitative estimate of drug-likeness (QED) is 0.665. The van der Waals surface area contributed by atoms with Crippen LogP contribution in [-0.2, 0) is 6.54 Å². The Bertz CT molecular complexity index is 919. The molecule has 0 unspecified atom stereocenters. The van der Waals surface area contributed by atoms with Crippen LogP contribution in [0.3, 0.4) is 0 Å². The zero-order valence-electron chi connectivity index (χ0n) is 15.7. The van der Waals surface area contributed by atoms with Crippen LogP contribution in [0.25, 0.3) is 10.6 Å². The minimum atomic E-state index is 0.00787. The number of piperazine rings is 1. The highest BCUT2D eigenvalue weighted by Crippen LogP contribution is 2.26. The van der Waals surface area contributed by atoms with Gasteiger partial charge in [-0.2, -0.15) is 0 Å². The van der Waals surface area contributed by atoms with Crippen molar-refractivity contribution < 1.29 is 9.53 Å². The summed E-state index contributed by atoms with van der Waals surface area (Å²) in [5.41, 5.74) is 2.57. The molecule has 1 fully saturated rings. The van der Waals surface area contributed by atoms with E-state index in [2.05, 4.69) is 14.9 Å². The van der Waals surface area contributed by atoms with Crippen LogP contribution in [0.5, 0.6) is 5.75 Å². The molecular weight excluding hydrogens is 372 g/mol. The average molecular weight is 395 g/mol. The zero-order chi connectivity index (χ0) is 19.3. The van der Waals surface area contributed by atoms with E-state index in [9.17, 15) is 4.79 Å². The Kier molecular flexibility index (Phi) is 5.64. The highest BCUT2D eigenvalue weighted by atomic mass is 32.1. The predicted octanol–water partition coefficient (Wildman–Crippen LogP) is 3.17. The Morgan fingerprint density at radius 2 is 1.89 bits per heavy atom. The largest absolute Gasteiger partial charge is 0.497 e. The first-order valence-electron chi connectivity index (χ1n) is 9.24. The van der Waals surface area contributed by atoms with Gasteiger partial charge in [0, 0.05) is 49.9 Å². The van der Waals surface area contributed by atoms with Gasteiger partial charge in [-0.1, -0.05) is 6.07 Å². The Balaban J connectivity index is 1.36. The lowest BCUT2D eigenvalue weighted by Gasteiger charge is -2.34. The number of ether oxygens (including phenoxy) is 1. The Hall–Kier alpha value is -2.77. The van der Waals surface area contributed by atoms with Crippen molar-refractivity contribution in [3.05, 3.63) is 65.4 Å². The third kappa shape index (κ3) is 4.21. The second-order valence-electron chi connectivity index (χ2n) is 6.66. The maximum absolute atomic E-state index is 12.8. The summed E-state index contributed by atoms with van der Waals surface area (Å²) < 4.78 is 5.19. The minimum absolute atomic E-state index is 0.00787. The number of hydrogen-bond acceptors (Lipinski definition) is 6. The number of aromatic nitrogens is 2. The van der Waals surface area contributed by atoms with Crippen molar-refractivity contribution in [3.8, 4) is 16.3 Å². The molecule has 0 saturated carbocycles. The van der Waals surface area contributed by atoms with Gasteiger partial charge in [-0.25, -0.2) is 4.98 Å². The fourth-order valence-corrected chi connectivity index (χ4v) is 4.03. The molecule has 1 aliphatic rings. The molecule has 144 valence electrons. The molecule has 1 saturated heterocycles. The van der Waals surface area contributed by atoms with Gasteiger partial charge >= 0.3 is 0 Å². The standard InChI is InChI=1S/C21H22N4O2S/c1-27-18-7-5-16(6-8-18)20-23-19(15-28-20)21(26)25-12-10-24(11-13-25)14-17-4-2-3-9-22-17/h2-9,15H,10-14H2,1H3. The van der Waals surface area contributed by atoms with Crippen molar-refractivity contribution in [1.82, 2.24) is 19.8 Å². The molecule has 3 aromatic rings. The van der Waals surface area contributed by atoms with Crippen molar-refractivity contribution in [2.45, 2.75) is 6.54 Å². The van der Waals surface area contributed by atoms with Crippen LogP contribution in [0.15, 0.2) is 54.0 Å². The second-order valence-corrected chi connectivity index (χ2v) is 7.51. The molecule has 3 heterocycles. The van der Waals surface area contributed by atoms with Crippen molar-refractivity contribution in [1.29, 1.82) is 0 Å². The van der Waals surface area contributed by atoms with E-state index >= 15 is 0 Å². The molecule has 4 rings (SSSR count). The minimum Gasteiger partial charge on any atom is -0.497 e. The van der Waals surface area contributed by atoms with Crippen LogP contribution in [0.2, 0.25) is 0 Å². The number of pyridine rings is 1. The average Bonchev–Trinajstić information content (AvgIpc) is 3.25. The number of rotatable bonds is 5. The van der Waals surface area contributed by atoms with E-state index in [-0.39, 0.29) is 5.91 Å². The monoisotopic (exact) mass is 394 g/mol. The summed E-state index contributed by atoms with van der Waals surface area (Å²) in [4.78, 5) is 26.0. The number of benzene rings is 1. The maximum atomic E-state index is 12.8. The van der Waals surface area contributed by atoms with Crippen molar-refractivity contribution in [2.75, 3.05) is 33.3 Å². The third-order valence-corrected chi connectivity index (χ3v) is 5.72. The number of methoxy groups -OCH3 is 1. The number of thiazole rings is 1. The molecule has 0 atom stereocenters. The number of carbonyl (C=O) groups excluding carboxylic acids is 1. The summed E-state index contributed by atoms with van der Waals surface area (Å²) in [7, 11) is 1.64. The number of carbonyl (C=O) groups is 1. The van der Waals surface area contributed by atoms with Gasteiger partial charge in [0.05, 0.1) is 12.8 Å². The molecule has 0 radical (unpaired) electrons. The first kappa shape index (κ1) is 18.6. The first-order valence-corrected chi connectivity index (χ1v) is 10.1. The van der Waals surface area contributed by atoms with E-state index in [1.54, 1.807) is 7.11 Å². The molecule has 2 aromatic heterocycles. The van der Waals surface area contributed by atoms with E-state index in [0.717, 1.165) is 41.6 Å². The molecule has 0 N–H and O–H groups in total. The molecule has 1 aliphatic heterocycles. The van der Waals surface area contributed by atoms with E-state index < -0.39 is 0 Å². The summed E-state index contributed by atoms with van der Waals surface area (Å²) >= 11 is 1.49. The SMILES string of the molecule is COc1ccc(-c2nc(C(=O)N3CCN(Cc4ccccn4)CC3)cs2)cc1. The van der Waals surface area contributed by atoms with Gasteiger partial charge in [0.2, 0.25) is 0 Å². The van der Waals surface area contributed by atoms with Crippen LogP contribution in [0, 0.1) is 0 Å². The molecule has 1 aromatic carbocycles. The van der Waals surface area contributed by atoms with Crippen LogP contribution in [0.4, 0.5) is 0 Å². The number of nitrogens with zero attached hydrogens (tertiary/aromatic N) is 4. The second kappa shape index (κ2) is 8.50. The molecule has 0 bridgehead atoms. The van der Waals surface area contributed by atoms with E-state index in [1.165, 1.54) is 11.3 Å². The smallest absolute Gasteiger partial charge is 0.273 e. The van der Waals surface area contributed by atoms with Gasteiger partial charge in [-0.15, -0.1) is 11.3 Å². The molecule has 7 heteroatoms. The topological polar surface area (TPSA) is 58.6 Å². The summed E-state index contributed by atoms with van der Waals surface area (Å²) in [6.45, 7) is 3.93. The fraction of sp³-hybridized carbons (Fsp3) is 0.286. The van der Waals surface area contributed by atoms with Gasteiger partial charge in [-0.3, -0.25) is 14.7 Å². The third-order valence-electron chi connectivity index (χ3n) is 4.83. The molecular formula is C21H22N4O2S. The summed E-state index contributed by atoms with van der Waals surface area (Å²) in [6, 6.07) is 13.7. The Labute approximate surface area is 168 Å². The van der Waals surface area contributed by atoms with Gasteiger partial charge in [0.1, 0.15) is 16.5 Å². The van der Waals surface area contributed by atoms with E-state index in [1.807, 2.05) is 58.9 Å². The van der Waals surface area contributed by atoms with Gasteiger partial charge in [0.15, 0.2) is 0 Å². The predicted molar refractivity (Wildman–Crippen MR) is 110 cm³/mol. The first-order chi connectivity index (χ1) is 13.7. The lowest BCUT2D eigenvalue weighted by atomic mass is 10.2. The Morgan fingerprint density at radius 3 is 2.57 bits per heavy atom. The maximum Gasteiger partial charge on any atom is 0.273 e. The molecule has 6 nitrogen and oxygen atoms in total. The summed E-state index contributed by atoms with van der Waals surface area (Å²) in [5.74, 6) is 0.814. The van der Waals surface area contributed by atoms with Crippen molar-refractivity contribution in [3.63, 3.8) is 0 Å². The van der Waals surface area contributed by atoms with E-state index in [4.69, 9.17) is 4.74 Å². The van der Waals surface area contributed by atoms with Crippen molar-refractivity contribution >= 4 is 17.2 Å². The van der Waals surface area contributed by atoms with Gasteiger partial charge in [0.25, 0.3) is 5.91 Å². The van der Waals surface area contributed by atoms with Crippen LogP contribution in [-0.4, -0.2) is 59.0 Å². The van der Waals surface area contributed by atoms with Crippen LogP contribution >= 0.6 is 11.3 Å². The van der Waals surface area contributed by atoms with Crippen LogP contribution in [0.1, 0.15) is 16.2 Å². The number of amides is 1. The summed E-state index contributed by atoms with van der Waals surface area (Å²) in [5, 5.41) is 2.70. The highest BCUT2D eigenvalue weighted by Gasteiger charge is 2.24. The molecule has 1 amide bonds. The molecule has 0 spiro atoms. The van der Waals surface area contributed by atoms with Gasteiger partial charge in [-0.05, 0) is 36.4 Å². The lowest BCUT2D eigenvalue weighted by molar-refractivity contribution is 0.0622.